The number of Topliss-reactive ketones (excluding diaryl/α,β-unsaturated/α-hetero) is 1. The van der Waals surface area contributed by atoms with Crippen LogP contribution in [0.15, 0.2) is 48.5 Å². The lowest BCUT2D eigenvalue weighted by atomic mass is 9.86. The van der Waals surface area contributed by atoms with E-state index in [0.717, 1.165) is 16.9 Å². The van der Waals surface area contributed by atoms with Crippen molar-refractivity contribution in [3.63, 3.8) is 0 Å². The summed E-state index contributed by atoms with van der Waals surface area (Å²) in [7, 11) is 1.59. The van der Waals surface area contributed by atoms with Gasteiger partial charge in [-0.2, -0.15) is 0 Å². The maximum Gasteiger partial charge on any atom is 0.295 e. The highest BCUT2D eigenvalue weighted by atomic mass is 16.5. The van der Waals surface area contributed by atoms with Crippen LogP contribution < -0.4 is 4.74 Å². The molecule has 1 aliphatic heterocycles. The van der Waals surface area contributed by atoms with Crippen LogP contribution in [0, 0.1) is 0 Å². The standard InChI is InChI=1S/C25H30N2O4/c1-25(2,3)20-10-8-19(9-11-20)23(29)24(30)27-14-12-26(13-15-27)22(28)17-18-6-5-7-21(16-18)31-4/h5-11,16H,12-15,17H2,1-4H3. The first kappa shape index (κ1) is 22.5. The van der Waals surface area contributed by atoms with Crippen LogP contribution in [0.1, 0.15) is 42.3 Å². The SMILES string of the molecule is COc1cccc(CC(=O)N2CCN(C(=O)C(=O)c3ccc(C(C)(C)C)cc3)CC2)c1. The molecule has 0 N–H and O–H groups in total. The maximum atomic E-state index is 12.7. The van der Waals surface area contributed by atoms with Gasteiger partial charge in [0.15, 0.2) is 0 Å². The van der Waals surface area contributed by atoms with Crippen LogP contribution in [0.4, 0.5) is 0 Å². The highest BCUT2D eigenvalue weighted by Crippen LogP contribution is 2.22. The van der Waals surface area contributed by atoms with Crippen molar-refractivity contribution in [1.29, 1.82) is 0 Å². The van der Waals surface area contributed by atoms with E-state index in [1.807, 2.05) is 36.4 Å². The Kier molecular flexibility index (Phi) is 6.78. The molecule has 2 aromatic rings. The summed E-state index contributed by atoms with van der Waals surface area (Å²) in [6.07, 6.45) is 0.282. The van der Waals surface area contributed by atoms with E-state index in [9.17, 15) is 14.4 Å². The largest absolute Gasteiger partial charge is 0.497 e. The van der Waals surface area contributed by atoms with E-state index in [1.54, 1.807) is 24.1 Å². The Morgan fingerprint density at radius 1 is 0.903 bits per heavy atom. The van der Waals surface area contributed by atoms with Crippen molar-refractivity contribution in [3.8, 4) is 5.75 Å². The van der Waals surface area contributed by atoms with Gasteiger partial charge in [-0.25, -0.2) is 0 Å². The van der Waals surface area contributed by atoms with Gasteiger partial charge in [-0.05, 0) is 28.7 Å². The second-order valence-corrected chi connectivity index (χ2v) is 8.86. The molecule has 6 nitrogen and oxygen atoms in total. The van der Waals surface area contributed by atoms with Gasteiger partial charge in [-0.1, -0.05) is 57.2 Å². The summed E-state index contributed by atoms with van der Waals surface area (Å²) in [6, 6.07) is 14.7. The Balaban J connectivity index is 1.55. The van der Waals surface area contributed by atoms with Crippen molar-refractivity contribution < 1.29 is 19.1 Å². The van der Waals surface area contributed by atoms with E-state index >= 15 is 0 Å². The molecule has 1 saturated heterocycles. The van der Waals surface area contributed by atoms with Crippen LogP contribution in [-0.2, 0) is 21.4 Å². The van der Waals surface area contributed by atoms with E-state index in [1.165, 1.54) is 4.90 Å². The first-order valence-electron chi connectivity index (χ1n) is 10.5. The highest BCUT2D eigenvalue weighted by molar-refractivity contribution is 6.42. The molecule has 31 heavy (non-hydrogen) atoms. The van der Waals surface area contributed by atoms with E-state index in [0.29, 0.717) is 31.7 Å². The van der Waals surface area contributed by atoms with Gasteiger partial charge in [0.2, 0.25) is 11.7 Å². The molecule has 1 heterocycles. The zero-order valence-electron chi connectivity index (χ0n) is 18.7. The normalized spacial score (nSPS) is 14.3. The van der Waals surface area contributed by atoms with Crippen molar-refractivity contribution in [1.82, 2.24) is 9.80 Å². The third-order valence-corrected chi connectivity index (χ3v) is 5.62. The minimum Gasteiger partial charge on any atom is -0.497 e. The molecular formula is C25H30N2O4. The second-order valence-electron chi connectivity index (χ2n) is 8.86. The first-order chi connectivity index (χ1) is 14.7. The molecular weight excluding hydrogens is 392 g/mol. The Morgan fingerprint density at radius 2 is 1.52 bits per heavy atom. The van der Waals surface area contributed by atoms with Crippen molar-refractivity contribution in [2.45, 2.75) is 32.6 Å². The molecule has 0 aromatic heterocycles. The molecule has 1 aliphatic rings. The van der Waals surface area contributed by atoms with Crippen LogP contribution >= 0.6 is 0 Å². The molecule has 0 bridgehead atoms. The quantitative estimate of drug-likeness (QED) is 0.549. The monoisotopic (exact) mass is 422 g/mol. The first-order valence-corrected chi connectivity index (χ1v) is 10.5. The average Bonchev–Trinajstić information content (AvgIpc) is 2.77. The molecule has 164 valence electrons. The third kappa shape index (κ3) is 5.51. The molecule has 2 aromatic carbocycles. The van der Waals surface area contributed by atoms with Crippen LogP contribution in [0.5, 0.6) is 5.75 Å². The lowest BCUT2D eigenvalue weighted by molar-refractivity contribution is -0.136. The molecule has 2 amide bonds. The summed E-state index contributed by atoms with van der Waals surface area (Å²) in [6.45, 7) is 7.86. The Labute approximate surface area is 183 Å². The zero-order chi connectivity index (χ0) is 22.6. The summed E-state index contributed by atoms with van der Waals surface area (Å²) in [5.41, 5.74) is 2.38. The Bertz CT molecular complexity index is 952. The predicted molar refractivity (Wildman–Crippen MR) is 119 cm³/mol. The molecule has 3 rings (SSSR count). The number of ether oxygens (including phenoxy) is 1. The minimum atomic E-state index is -0.511. The van der Waals surface area contributed by atoms with Crippen molar-refractivity contribution in [2.24, 2.45) is 0 Å². The van der Waals surface area contributed by atoms with Gasteiger partial charge in [0, 0.05) is 31.7 Å². The van der Waals surface area contributed by atoms with E-state index in [4.69, 9.17) is 4.74 Å². The predicted octanol–water partition coefficient (Wildman–Crippen LogP) is 3.09. The fraction of sp³-hybridized carbons (Fsp3) is 0.400. The Hall–Kier alpha value is -3.15. The van der Waals surface area contributed by atoms with Crippen molar-refractivity contribution in [2.75, 3.05) is 33.3 Å². The van der Waals surface area contributed by atoms with Crippen LogP contribution in [0.2, 0.25) is 0 Å². The molecule has 0 radical (unpaired) electrons. The molecule has 1 fully saturated rings. The van der Waals surface area contributed by atoms with Crippen molar-refractivity contribution in [3.05, 3.63) is 65.2 Å². The van der Waals surface area contributed by atoms with Crippen LogP contribution in [-0.4, -0.2) is 60.7 Å². The fourth-order valence-corrected chi connectivity index (χ4v) is 3.62. The molecule has 0 saturated carbocycles. The number of carbonyl (C=O) groups is 3. The number of rotatable bonds is 5. The van der Waals surface area contributed by atoms with Gasteiger partial charge in [-0.3, -0.25) is 14.4 Å². The van der Waals surface area contributed by atoms with E-state index in [-0.39, 0.29) is 17.7 Å². The number of benzene rings is 2. The van der Waals surface area contributed by atoms with Crippen molar-refractivity contribution >= 4 is 17.6 Å². The number of methoxy groups -OCH3 is 1. The van der Waals surface area contributed by atoms with Gasteiger partial charge < -0.3 is 14.5 Å². The van der Waals surface area contributed by atoms with Crippen LogP contribution in [0.25, 0.3) is 0 Å². The van der Waals surface area contributed by atoms with E-state index < -0.39 is 11.7 Å². The second kappa shape index (κ2) is 9.33. The number of nitrogens with zero attached hydrogens (tertiary/aromatic N) is 2. The summed E-state index contributed by atoms with van der Waals surface area (Å²) in [5.74, 6) is -0.292. The van der Waals surface area contributed by atoms with Gasteiger partial charge in [0.25, 0.3) is 5.91 Å². The van der Waals surface area contributed by atoms with Crippen LogP contribution in [0.3, 0.4) is 0 Å². The lowest BCUT2D eigenvalue weighted by Crippen LogP contribution is -2.52. The smallest absolute Gasteiger partial charge is 0.295 e. The average molecular weight is 423 g/mol. The van der Waals surface area contributed by atoms with E-state index in [2.05, 4.69) is 20.8 Å². The molecule has 0 aliphatic carbocycles. The van der Waals surface area contributed by atoms with Gasteiger partial charge in [0.1, 0.15) is 5.75 Å². The number of hydrogen-bond donors (Lipinski definition) is 0. The maximum absolute atomic E-state index is 12.7. The summed E-state index contributed by atoms with van der Waals surface area (Å²) < 4.78 is 5.20. The number of amides is 2. The summed E-state index contributed by atoms with van der Waals surface area (Å²) in [4.78, 5) is 41.2. The number of ketones is 1. The third-order valence-electron chi connectivity index (χ3n) is 5.62. The molecule has 0 atom stereocenters. The topological polar surface area (TPSA) is 66.9 Å². The molecule has 6 heteroatoms. The summed E-state index contributed by atoms with van der Waals surface area (Å²) >= 11 is 0. The van der Waals surface area contributed by atoms with Gasteiger partial charge in [0.05, 0.1) is 13.5 Å². The highest BCUT2D eigenvalue weighted by Gasteiger charge is 2.28. The Morgan fingerprint density at radius 3 is 2.10 bits per heavy atom. The van der Waals surface area contributed by atoms with Gasteiger partial charge in [-0.15, -0.1) is 0 Å². The molecule has 0 spiro atoms. The fourth-order valence-electron chi connectivity index (χ4n) is 3.62. The van der Waals surface area contributed by atoms with Gasteiger partial charge >= 0.3 is 0 Å². The number of carbonyl (C=O) groups excluding carboxylic acids is 3. The zero-order valence-corrected chi connectivity index (χ0v) is 18.7. The number of piperazine rings is 1. The number of hydrogen-bond acceptors (Lipinski definition) is 4. The molecule has 0 unspecified atom stereocenters. The minimum absolute atomic E-state index is 0.00412. The summed E-state index contributed by atoms with van der Waals surface area (Å²) in [5, 5.41) is 0. The lowest BCUT2D eigenvalue weighted by Gasteiger charge is -2.34.